The van der Waals surface area contributed by atoms with Gasteiger partial charge in [-0.15, -0.1) is 0 Å². The van der Waals surface area contributed by atoms with Gasteiger partial charge in [-0.1, -0.05) is 18.2 Å². The van der Waals surface area contributed by atoms with Gasteiger partial charge in [0, 0.05) is 25.5 Å². The molecule has 0 saturated carbocycles. The van der Waals surface area contributed by atoms with Crippen LogP contribution in [-0.2, 0) is 17.6 Å². The molecule has 0 aliphatic carbocycles. The first-order valence-electron chi connectivity index (χ1n) is 8.21. The van der Waals surface area contributed by atoms with Gasteiger partial charge in [-0.05, 0) is 48.1 Å². The van der Waals surface area contributed by atoms with Crippen LogP contribution in [0.15, 0.2) is 48.8 Å². The molecule has 2 heterocycles. The normalized spacial score (nSPS) is 20.8. The average molecular weight is 328 g/mol. The molecule has 1 aliphatic rings. The van der Waals surface area contributed by atoms with E-state index in [-0.39, 0.29) is 17.6 Å². The number of nitrogens with zero attached hydrogens (tertiary/aromatic N) is 2. The maximum Gasteiger partial charge on any atom is 0.227 e. The third-order valence-electron chi connectivity index (χ3n) is 4.54. The number of pyridine rings is 1. The molecule has 1 aromatic heterocycles. The Bertz CT molecular complexity index is 693. The molecular weight excluding hydrogens is 307 g/mol. The number of benzene rings is 1. The minimum absolute atomic E-state index is 0.00579. The maximum absolute atomic E-state index is 13.3. The SMILES string of the molecule is O=C(Cc1cccnc1)N1CC[C@H](Cc2cccc(F)c2)[C@H](O)C1. The number of carbonyl (C=O) groups excluding carboxylic acids is 1. The molecule has 1 aromatic carbocycles. The van der Waals surface area contributed by atoms with Crippen molar-refractivity contribution in [3.05, 3.63) is 65.7 Å². The largest absolute Gasteiger partial charge is 0.391 e. The fourth-order valence-corrected chi connectivity index (χ4v) is 3.20. The van der Waals surface area contributed by atoms with Gasteiger partial charge in [0.15, 0.2) is 0 Å². The zero-order chi connectivity index (χ0) is 16.9. The third-order valence-corrected chi connectivity index (χ3v) is 4.54. The summed E-state index contributed by atoms with van der Waals surface area (Å²) in [6, 6.07) is 10.2. The van der Waals surface area contributed by atoms with E-state index in [4.69, 9.17) is 0 Å². The Morgan fingerprint density at radius 1 is 1.29 bits per heavy atom. The number of hydrogen-bond donors (Lipinski definition) is 1. The van der Waals surface area contributed by atoms with Crippen molar-refractivity contribution in [2.75, 3.05) is 13.1 Å². The van der Waals surface area contributed by atoms with Crippen molar-refractivity contribution in [2.45, 2.75) is 25.4 Å². The lowest BCUT2D eigenvalue weighted by Crippen LogP contribution is -2.47. The average Bonchev–Trinajstić information content (AvgIpc) is 2.57. The Labute approximate surface area is 141 Å². The number of piperidine rings is 1. The van der Waals surface area contributed by atoms with E-state index in [1.54, 1.807) is 23.4 Å². The molecule has 1 saturated heterocycles. The zero-order valence-corrected chi connectivity index (χ0v) is 13.4. The Morgan fingerprint density at radius 3 is 2.83 bits per heavy atom. The van der Waals surface area contributed by atoms with E-state index in [9.17, 15) is 14.3 Å². The summed E-state index contributed by atoms with van der Waals surface area (Å²) in [6.07, 6.45) is 4.43. The van der Waals surface area contributed by atoms with E-state index in [0.29, 0.717) is 25.9 Å². The topological polar surface area (TPSA) is 53.4 Å². The van der Waals surface area contributed by atoms with E-state index >= 15 is 0 Å². The predicted octanol–water partition coefficient (Wildman–Crippen LogP) is 2.22. The number of halogens is 1. The highest BCUT2D eigenvalue weighted by Crippen LogP contribution is 2.23. The summed E-state index contributed by atoms with van der Waals surface area (Å²) in [4.78, 5) is 18.1. The smallest absolute Gasteiger partial charge is 0.227 e. The van der Waals surface area contributed by atoms with Crippen molar-refractivity contribution >= 4 is 5.91 Å². The van der Waals surface area contributed by atoms with Crippen molar-refractivity contribution in [3.63, 3.8) is 0 Å². The van der Waals surface area contributed by atoms with Crippen molar-refractivity contribution < 1.29 is 14.3 Å². The van der Waals surface area contributed by atoms with Crippen LogP contribution in [0.4, 0.5) is 4.39 Å². The molecule has 5 heteroatoms. The van der Waals surface area contributed by atoms with Gasteiger partial charge >= 0.3 is 0 Å². The van der Waals surface area contributed by atoms with Crippen LogP contribution in [0.5, 0.6) is 0 Å². The number of aliphatic hydroxyl groups is 1. The fraction of sp³-hybridized carbons (Fsp3) is 0.368. The molecule has 3 rings (SSSR count). The van der Waals surface area contributed by atoms with Crippen LogP contribution >= 0.6 is 0 Å². The Hall–Kier alpha value is -2.27. The number of rotatable bonds is 4. The molecule has 0 unspecified atom stereocenters. The first kappa shape index (κ1) is 16.6. The second kappa shape index (κ2) is 7.53. The van der Waals surface area contributed by atoms with Crippen LogP contribution in [0.25, 0.3) is 0 Å². The highest BCUT2D eigenvalue weighted by Gasteiger charge is 2.30. The van der Waals surface area contributed by atoms with Gasteiger partial charge < -0.3 is 10.0 Å². The standard InChI is InChI=1S/C19H21FN2O2/c20-17-5-1-3-14(10-17)9-16-6-8-22(13-18(16)23)19(24)11-15-4-2-7-21-12-15/h1-5,7,10,12,16,18,23H,6,8-9,11,13H2/t16-,18-/m1/s1. The number of aliphatic hydroxyl groups excluding tert-OH is 1. The van der Waals surface area contributed by atoms with Gasteiger partial charge in [-0.2, -0.15) is 0 Å². The van der Waals surface area contributed by atoms with Gasteiger partial charge in [-0.25, -0.2) is 4.39 Å². The quantitative estimate of drug-likeness (QED) is 0.936. The van der Waals surface area contributed by atoms with Crippen molar-refractivity contribution in [2.24, 2.45) is 5.92 Å². The van der Waals surface area contributed by atoms with E-state index in [0.717, 1.165) is 17.5 Å². The van der Waals surface area contributed by atoms with Crippen LogP contribution in [0.3, 0.4) is 0 Å². The Kier molecular flexibility index (Phi) is 5.20. The monoisotopic (exact) mass is 328 g/mol. The molecule has 1 fully saturated rings. The van der Waals surface area contributed by atoms with Crippen LogP contribution in [-0.4, -0.2) is 40.1 Å². The van der Waals surface area contributed by atoms with Crippen LogP contribution < -0.4 is 0 Å². The lowest BCUT2D eigenvalue weighted by Gasteiger charge is -2.36. The van der Waals surface area contributed by atoms with E-state index < -0.39 is 6.10 Å². The number of carbonyl (C=O) groups is 1. The molecule has 2 aromatic rings. The summed E-state index contributed by atoms with van der Waals surface area (Å²) in [6.45, 7) is 0.954. The summed E-state index contributed by atoms with van der Waals surface area (Å²) in [7, 11) is 0. The molecule has 1 amide bonds. The molecule has 24 heavy (non-hydrogen) atoms. The summed E-state index contributed by atoms with van der Waals surface area (Å²) >= 11 is 0. The molecule has 0 radical (unpaired) electrons. The molecule has 2 atom stereocenters. The molecule has 1 aliphatic heterocycles. The molecule has 0 bridgehead atoms. The zero-order valence-electron chi connectivity index (χ0n) is 13.4. The predicted molar refractivity (Wildman–Crippen MR) is 88.7 cm³/mol. The molecule has 1 N–H and O–H groups in total. The Morgan fingerprint density at radius 2 is 2.12 bits per heavy atom. The van der Waals surface area contributed by atoms with Crippen LogP contribution in [0, 0.1) is 11.7 Å². The summed E-state index contributed by atoms with van der Waals surface area (Å²) < 4.78 is 13.3. The first-order valence-corrected chi connectivity index (χ1v) is 8.21. The molecule has 4 nitrogen and oxygen atoms in total. The molecule has 126 valence electrons. The molecule has 0 spiro atoms. The number of β-amino-alcohol motifs (C(OH)–C–C–N with tert-alkyl or cyclic N) is 1. The number of likely N-dealkylation sites (tertiary alicyclic amines) is 1. The lowest BCUT2D eigenvalue weighted by molar-refractivity contribution is -0.134. The molecular formula is C19H21FN2O2. The van der Waals surface area contributed by atoms with E-state index in [2.05, 4.69) is 4.98 Å². The van der Waals surface area contributed by atoms with Crippen molar-refractivity contribution in [1.29, 1.82) is 0 Å². The van der Waals surface area contributed by atoms with E-state index in [1.807, 2.05) is 18.2 Å². The number of amides is 1. The second-order valence-electron chi connectivity index (χ2n) is 6.33. The number of aromatic nitrogens is 1. The third kappa shape index (κ3) is 4.17. The van der Waals surface area contributed by atoms with Gasteiger partial charge in [-0.3, -0.25) is 9.78 Å². The van der Waals surface area contributed by atoms with Gasteiger partial charge in [0.1, 0.15) is 5.82 Å². The highest BCUT2D eigenvalue weighted by atomic mass is 19.1. The summed E-state index contributed by atoms with van der Waals surface area (Å²) in [5.41, 5.74) is 1.76. The minimum atomic E-state index is -0.583. The maximum atomic E-state index is 13.3. The summed E-state index contributed by atoms with van der Waals surface area (Å²) in [5.74, 6) is -0.202. The van der Waals surface area contributed by atoms with Gasteiger partial charge in [0.05, 0.1) is 12.5 Å². The fourth-order valence-electron chi connectivity index (χ4n) is 3.20. The van der Waals surface area contributed by atoms with Gasteiger partial charge in [0.25, 0.3) is 0 Å². The second-order valence-corrected chi connectivity index (χ2v) is 6.33. The summed E-state index contributed by atoms with van der Waals surface area (Å²) in [5, 5.41) is 10.4. The number of hydrogen-bond acceptors (Lipinski definition) is 3. The first-order chi connectivity index (χ1) is 11.6. The van der Waals surface area contributed by atoms with Crippen molar-refractivity contribution in [1.82, 2.24) is 9.88 Å². The highest BCUT2D eigenvalue weighted by molar-refractivity contribution is 5.78. The van der Waals surface area contributed by atoms with E-state index in [1.165, 1.54) is 12.1 Å². The van der Waals surface area contributed by atoms with Crippen LogP contribution in [0.2, 0.25) is 0 Å². The minimum Gasteiger partial charge on any atom is -0.391 e. The van der Waals surface area contributed by atoms with Crippen LogP contribution in [0.1, 0.15) is 17.5 Å². The Balaban J connectivity index is 1.56. The van der Waals surface area contributed by atoms with Gasteiger partial charge in [0.2, 0.25) is 5.91 Å². The van der Waals surface area contributed by atoms with Crippen molar-refractivity contribution in [3.8, 4) is 0 Å². The lowest BCUT2D eigenvalue weighted by atomic mass is 9.87.